The quantitative estimate of drug-likeness (QED) is 0.928. The number of hydrogen-bond acceptors (Lipinski definition) is 3. The Hall–Kier alpha value is -0.390. The van der Waals surface area contributed by atoms with Gasteiger partial charge in [0.2, 0.25) is 0 Å². The van der Waals surface area contributed by atoms with Crippen LogP contribution in [0.25, 0.3) is 0 Å². The van der Waals surface area contributed by atoms with E-state index < -0.39 is 21.2 Å². The van der Waals surface area contributed by atoms with Crippen molar-refractivity contribution >= 4 is 25.8 Å². The number of aliphatic hydroxyl groups excluding tert-OH is 1. The van der Waals surface area contributed by atoms with Gasteiger partial charge >= 0.3 is 0 Å². The van der Waals surface area contributed by atoms with Crippen LogP contribution in [0.3, 0.4) is 0 Å². The molecule has 1 N–H and O–H groups in total. The van der Waals surface area contributed by atoms with Gasteiger partial charge in [0.25, 0.3) is 0 Å². The minimum absolute atomic E-state index is 0.399. The molecule has 1 aromatic carbocycles. The summed E-state index contributed by atoms with van der Waals surface area (Å²) < 4.78 is 23.8. The highest BCUT2D eigenvalue weighted by molar-refractivity contribution is 9.10. The molecule has 0 aliphatic carbocycles. The van der Waals surface area contributed by atoms with Crippen molar-refractivity contribution in [3.05, 3.63) is 34.3 Å². The van der Waals surface area contributed by atoms with E-state index >= 15 is 0 Å². The van der Waals surface area contributed by atoms with Crippen molar-refractivity contribution in [1.82, 2.24) is 0 Å². The molecular weight excluding hydrogens is 292 g/mol. The fourth-order valence-corrected chi connectivity index (χ4v) is 3.13. The maximum absolute atomic E-state index is 11.5. The summed E-state index contributed by atoms with van der Waals surface area (Å²) >= 11 is 3.29. The van der Waals surface area contributed by atoms with E-state index in [9.17, 15) is 13.5 Å². The lowest BCUT2D eigenvalue weighted by molar-refractivity contribution is 0.169. The summed E-state index contributed by atoms with van der Waals surface area (Å²) in [6, 6.07) is 7.02. The SMILES string of the molecule is CC[C@@H]([C@H](O)c1ccc(Br)cc1)S(C)(=O)=O. The van der Waals surface area contributed by atoms with Crippen LogP contribution in [-0.4, -0.2) is 25.0 Å². The van der Waals surface area contributed by atoms with Crippen molar-refractivity contribution in [2.45, 2.75) is 24.7 Å². The predicted molar refractivity (Wildman–Crippen MR) is 68.0 cm³/mol. The third-order valence-corrected chi connectivity index (χ3v) is 4.74. The van der Waals surface area contributed by atoms with Crippen molar-refractivity contribution in [1.29, 1.82) is 0 Å². The third-order valence-electron chi connectivity index (χ3n) is 2.52. The van der Waals surface area contributed by atoms with Gasteiger partial charge in [0.15, 0.2) is 9.84 Å². The Labute approximate surface area is 105 Å². The van der Waals surface area contributed by atoms with Crippen LogP contribution >= 0.6 is 15.9 Å². The highest BCUT2D eigenvalue weighted by Gasteiger charge is 2.28. The number of sulfone groups is 1. The second-order valence-electron chi connectivity index (χ2n) is 3.77. The van der Waals surface area contributed by atoms with Gasteiger partial charge in [-0.15, -0.1) is 0 Å². The first-order chi connectivity index (χ1) is 7.36. The van der Waals surface area contributed by atoms with E-state index in [1.165, 1.54) is 0 Å². The van der Waals surface area contributed by atoms with Crippen LogP contribution in [0.2, 0.25) is 0 Å². The zero-order valence-corrected chi connectivity index (χ0v) is 11.6. The number of benzene rings is 1. The molecule has 16 heavy (non-hydrogen) atoms. The van der Waals surface area contributed by atoms with Crippen LogP contribution in [0.4, 0.5) is 0 Å². The summed E-state index contributed by atoms with van der Waals surface area (Å²) in [5.41, 5.74) is 0.625. The van der Waals surface area contributed by atoms with Gasteiger partial charge in [0.05, 0.1) is 11.4 Å². The minimum atomic E-state index is -3.23. The van der Waals surface area contributed by atoms with Crippen LogP contribution in [0.1, 0.15) is 25.0 Å². The lowest BCUT2D eigenvalue weighted by Gasteiger charge is -2.20. The van der Waals surface area contributed by atoms with Gasteiger partial charge in [-0.05, 0) is 24.1 Å². The van der Waals surface area contributed by atoms with Crippen molar-refractivity contribution in [3.8, 4) is 0 Å². The van der Waals surface area contributed by atoms with E-state index in [0.29, 0.717) is 12.0 Å². The maximum Gasteiger partial charge on any atom is 0.153 e. The Morgan fingerprint density at radius 2 is 1.81 bits per heavy atom. The molecule has 3 nitrogen and oxygen atoms in total. The molecule has 0 heterocycles. The second-order valence-corrected chi connectivity index (χ2v) is 6.95. The molecular formula is C11H15BrO3S. The Bertz CT molecular complexity index is 439. The monoisotopic (exact) mass is 306 g/mol. The summed E-state index contributed by atoms with van der Waals surface area (Å²) in [4.78, 5) is 0. The summed E-state index contributed by atoms with van der Waals surface area (Å²) in [5, 5.41) is 9.27. The van der Waals surface area contributed by atoms with Gasteiger partial charge in [0, 0.05) is 10.7 Å². The van der Waals surface area contributed by atoms with Crippen LogP contribution in [0.15, 0.2) is 28.7 Å². The number of rotatable bonds is 4. The van der Waals surface area contributed by atoms with E-state index in [1.807, 2.05) is 0 Å². The fourth-order valence-electron chi connectivity index (χ4n) is 1.63. The highest BCUT2D eigenvalue weighted by Crippen LogP contribution is 2.25. The fraction of sp³-hybridized carbons (Fsp3) is 0.455. The maximum atomic E-state index is 11.5. The molecule has 0 aromatic heterocycles. The molecule has 0 fully saturated rings. The van der Waals surface area contributed by atoms with E-state index in [2.05, 4.69) is 15.9 Å². The summed E-state index contributed by atoms with van der Waals surface area (Å²) in [5.74, 6) is 0. The number of hydrogen-bond donors (Lipinski definition) is 1. The van der Waals surface area contributed by atoms with Crippen LogP contribution in [0.5, 0.6) is 0 Å². The van der Waals surface area contributed by atoms with E-state index in [0.717, 1.165) is 10.7 Å². The van der Waals surface area contributed by atoms with E-state index in [4.69, 9.17) is 0 Å². The van der Waals surface area contributed by atoms with Gasteiger partial charge < -0.3 is 5.11 Å². The molecule has 0 amide bonds. The normalized spacial score (nSPS) is 15.8. The smallest absolute Gasteiger partial charge is 0.153 e. The van der Waals surface area contributed by atoms with Crippen LogP contribution < -0.4 is 0 Å². The molecule has 5 heteroatoms. The standard InChI is InChI=1S/C11H15BrO3S/c1-3-10(16(2,14)15)11(13)8-4-6-9(12)7-5-8/h4-7,10-11,13H,3H2,1-2H3/t10-,11+/m0/s1. The summed E-state index contributed by atoms with van der Waals surface area (Å²) in [6.07, 6.45) is 0.590. The van der Waals surface area contributed by atoms with Gasteiger partial charge in [-0.2, -0.15) is 0 Å². The zero-order chi connectivity index (χ0) is 12.3. The average Bonchev–Trinajstić information content (AvgIpc) is 2.17. The minimum Gasteiger partial charge on any atom is -0.387 e. The van der Waals surface area contributed by atoms with E-state index in [1.54, 1.807) is 31.2 Å². The molecule has 2 atom stereocenters. The van der Waals surface area contributed by atoms with Crippen molar-refractivity contribution in [3.63, 3.8) is 0 Å². The van der Waals surface area contributed by atoms with Crippen molar-refractivity contribution in [2.24, 2.45) is 0 Å². The van der Waals surface area contributed by atoms with Crippen molar-refractivity contribution < 1.29 is 13.5 Å². The lowest BCUT2D eigenvalue weighted by atomic mass is 10.1. The number of halogens is 1. The first-order valence-corrected chi connectivity index (χ1v) is 7.73. The van der Waals surface area contributed by atoms with Gasteiger partial charge in [0.1, 0.15) is 0 Å². The van der Waals surface area contributed by atoms with Crippen LogP contribution in [0, 0.1) is 0 Å². The van der Waals surface area contributed by atoms with Crippen molar-refractivity contribution in [2.75, 3.05) is 6.26 Å². The molecule has 0 aliphatic heterocycles. The molecule has 0 aliphatic rings. The molecule has 0 radical (unpaired) electrons. The molecule has 0 bridgehead atoms. The Balaban J connectivity index is 3.00. The largest absolute Gasteiger partial charge is 0.387 e. The molecule has 0 saturated carbocycles. The Morgan fingerprint density at radius 1 is 1.31 bits per heavy atom. The summed E-state index contributed by atoms with van der Waals surface area (Å²) in [7, 11) is -3.23. The molecule has 1 aromatic rings. The first-order valence-electron chi connectivity index (χ1n) is 4.98. The average molecular weight is 307 g/mol. The third kappa shape index (κ3) is 3.30. The lowest BCUT2D eigenvalue weighted by Crippen LogP contribution is -2.26. The molecule has 0 spiro atoms. The molecule has 0 unspecified atom stereocenters. The zero-order valence-electron chi connectivity index (χ0n) is 9.22. The van der Waals surface area contributed by atoms with Gasteiger partial charge in [-0.25, -0.2) is 8.42 Å². The molecule has 90 valence electrons. The summed E-state index contributed by atoms with van der Waals surface area (Å²) in [6.45, 7) is 1.76. The van der Waals surface area contributed by atoms with E-state index in [-0.39, 0.29) is 0 Å². The first kappa shape index (κ1) is 13.7. The Morgan fingerprint density at radius 3 is 2.19 bits per heavy atom. The Kier molecular flexibility index (Phi) is 4.52. The van der Waals surface area contributed by atoms with Crippen LogP contribution in [-0.2, 0) is 9.84 Å². The van der Waals surface area contributed by atoms with Gasteiger partial charge in [-0.1, -0.05) is 35.0 Å². The number of aliphatic hydroxyl groups is 1. The topological polar surface area (TPSA) is 54.4 Å². The molecule has 0 saturated heterocycles. The molecule has 1 rings (SSSR count). The predicted octanol–water partition coefficient (Wildman–Crippen LogP) is 2.31. The highest BCUT2D eigenvalue weighted by atomic mass is 79.9. The van der Waals surface area contributed by atoms with Gasteiger partial charge in [-0.3, -0.25) is 0 Å². The second kappa shape index (κ2) is 5.29.